The Morgan fingerprint density at radius 2 is 1.10 bits per heavy atom. The van der Waals surface area contributed by atoms with Crippen molar-refractivity contribution in [2.75, 3.05) is 0 Å². The van der Waals surface area contributed by atoms with Crippen molar-refractivity contribution in [3.63, 3.8) is 0 Å². The van der Waals surface area contributed by atoms with Crippen molar-refractivity contribution >= 4 is 75.3 Å². The molecular formula is C45H26N4OS. The summed E-state index contributed by atoms with van der Waals surface area (Å²) in [4.78, 5) is 12.8. The zero-order valence-corrected chi connectivity index (χ0v) is 25.9. The molecule has 0 atom stereocenters. The normalized spacial score (nSPS) is 19.1. The van der Waals surface area contributed by atoms with Gasteiger partial charge in [0.05, 0.1) is 46.7 Å². The van der Waals surface area contributed by atoms with Crippen molar-refractivity contribution < 1.29 is 40.1 Å². The van der Waals surface area contributed by atoms with Gasteiger partial charge in [-0.15, -0.1) is 11.3 Å². The molecule has 11 rings (SSSR count). The lowest BCUT2D eigenvalue weighted by Crippen LogP contribution is -2.00. The maximum absolute atomic E-state index is 9.81. The van der Waals surface area contributed by atoms with Crippen molar-refractivity contribution in [3.8, 4) is 39.9 Å². The zero-order valence-electron chi connectivity index (χ0n) is 51.1. The third kappa shape index (κ3) is 4.43. The van der Waals surface area contributed by atoms with E-state index in [9.17, 15) is 11.0 Å². The van der Waals surface area contributed by atoms with Crippen LogP contribution in [0.1, 0.15) is 35.6 Å². The summed E-state index contributed by atoms with van der Waals surface area (Å²) in [6.07, 6.45) is 0. The molecular weight excluding hydrogens is 645 g/mol. The van der Waals surface area contributed by atoms with Crippen LogP contribution in [-0.2, 0) is 0 Å². The van der Waals surface area contributed by atoms with Gasteiger partial charge in [-0.05, 0) is 54.4 Å². The Hall–Kier alpha value is -6.63. The topological polar surface area (TPSA) is 56.7 Å². The largest absolute Gasteiger partial charge is 0.456 e. The van der Waals surface area contributed by atoms with Crippen molar-refractivity contribution in [1.82, 2.24) is 19.5 Å². The standard InChI is InChI=1S/C45H26N4OS/c1-3-11-27(12-4-1)43-46-44(28-13-5-2-6-14-28)48-45(47-43)29-19-21-32-35-24-30(20-22-39(35)50-40(32)23-29)49-37-17-9-7-15-31(37)34-25-36-33-16-8-10-18-41(33)51-42(36)26-38(34)49/h1-26H/i1D,2D,3D,4D,5D,6D,7D,8D,9D,10D,11D,12D,13D,14D,15D,16D,17D,18D,19D,20D,21D,22D,23D,24D,25D,26D. The number of hydrogen-bond donors (Lipinski definition) is 0. The molecule has 0 aliphatic carbocycles. The highest BCUT2D eigenvalue weighted by Gasteiger charge is 2.18. The predicted molar refractivity (Wildman–Crippen MR) is 211 cm³/mol. The van der Waals surface area contributed by atoms with E-state index < -0.39 is 230 Å². The summed E-state index contributed by atoms with van der Waals surface area (Å²) in [6.45, 7) is 0. The molecule has 4 heterocycles. The maximum Gasteiger partial charge on any atom is 0.164 e. The van der Waals surface area contributed by atoms with E-state index in [4.69, 9.17) is 29.1 Å². The van der Waals surface area contributed by atoms with Gasteiger partial charge in [-0.25, -0.2) is 15.0 Å². The fraction of sp³-hybridized carbons (Fsp3) is 0. The molecule has 0 fully saturated rings. The van der Waals surface area contributed by atoms with Crippen molar-refractivity contribution in [3.05, 3.63) is 157 Å². The second-order valence-electron chi connectivity index (χ2n) is 10.8. The molecule has 51 heavy (non-hydrogen) atoms. The molecule has 238 valence electrons. The van der Waals surface area contributed by atoms with E-state index in [0.717, 1.165) is 15.9 Å². The number of nitrogens with zero attached hydrogens (tertiary/aromatic N) is 4. The van der Waals surface area contributed by atoms with Crippen LogP contribution in [0, 0.1) is 0 Å². The van der Waals surface area contributed by atoms with Gasteiger partial charge in [0.25, 0.3) is 0 Å². The van der Waals surface area contributed by atoms with Crippen LogP contribution in [0.2, 0.25) is 0 Å². The molecule has 6 heteroatoms. The summed E-state index contributed by atoms with van der Waals surface area (Å²) in [5.41, 5.74) is -4.82. The van der Waals surface area contributed by atoms with Crippen LogP contribution in [-0.4, -0.2) is 19.5 Å². The summed E-state index contributed by atoms with van der Waals surface area (Å²) in [5, 5.41) is -2.00. The average molecular weight is 697 g/mol. The number of hydrogen-bond acceptors (Lipinski definition) is 5. The lowest BCUT2D eigenvalue weighted by Gasteiger charge is -2.08. The summed E-state index contributed by atoms with van der Waals surface area (Å²) >= 11 is 0.725. The number of fused-ring (bicyclic) bond motifs is 9. The van der Waals surface area contributed by atoms with Crippen LogP contribution in [0.25, 0.3) is 104 Å². The quantitative estimate of drug-likeness (QED) is 0.184. The second-order valence-corrected chi connectivity index (χ2v) is 11.9. The van der Waals surface area contributed by atoms with E-state index in [2.05, 4.69) is 15.0 Å². The number of furan rings is 1. The van der Waals surface area contributed by atoms with Gasteiger partial charge in [0, 0.05) is 64.1 Å². The van der Waals surface area contributed by atoms with Crippen molar-refractivity contribution in [1.29, 1.82) is 0 Å². The Kier molecular flexibility index (Phi) is 2.77. The number of thiophene rings is 1. The number of rotatable bonds is 4. The number of aromatic nitrogens is 4. The van der Waals surface area contributed by atoms with Gasteiger partial charge in [0.15, 0.2) is 17.5 Å². The van der Waals surface area contributed by atoms with Crippen molar-refractivity contribution in [2.24, 2.45) is 0 Å². The van der Waals surface area contributed by atoms with Crippen LogP contribution in [0.3, 0.4) is 0 Å². The lowest BCUT2D eigenvalue weighted by atomic mass is 10.1. The van der Waals surface area contributed by atoms with Crippen molar-refractivity contribution in [2.45, 2.75) is 0 Å². The van der Waals surface area contributed by atoms with Gasteiger partial charge in [-0.2, -0.15) is 0 Å². The first kappa shape index (κ1) is 12.9. The van der Waals surface area contributed by atoms with E-state index in [0.29, 0.717) is 0 Å². The van der Waals surface area contributed by atoms with Gasteiger partial charge >= 0.3 is 0 Å². The summed E-state index contributed by atoms with van der Waals surface area (Å²) in [7, 11) is 0. The van der Waals surface area contributed by atoms with Gasteiger partial charge in [0.2, 0.25) is 0 Å². The Balaban J connectivity index is 1.26. The molecule has 0 spiro atoms. The van der Waals surface area contributed by atoms with Crippen LogP contribution < -0.4 is 0 Å². The fourth-order valence-electron chi connectivity index (χ4n) is 5.76. The van der Waals surface area contributed by atoms with E-state index >= 15 is 0 Å². The van der Waals surface area contributed by atoms with Crippen LogP contribution >= 0.6 is 11.3 Å². The average Bonchev–Trinajstić information content (AvgIpc) is 4.28. The smallest absolute Gasteiger partial charge is 0.164 e. The molecule has 0 saturated heterocycles. The van der Waals surface area contributed by atoms with Gasteiger partial charge in [-0.3, -0.25) is 0 Å². The van der Waals surface area contributed by atoms with Crippen LogP contribution in [0.5, 0.6) is 0 Å². The van der Waals surface area contributed by atoms with E-state index in [1.54, 1.807) is 0 Å². The SMILES string of the molecule is [2H]c1c([2H])c([2H])c(-c2nc(-c3c([2H])c([2H])c([2H])c([2H])c3[2H])nc(-c3c([2H])c([2H])c4c(oc5c([2H])c([2H])c(-n6c7c([2H])c([2H])c([2H])c([2H])c7c7c([2H])c8c(sc9c([2H])c([2H])c([2H])c([2H])c98)c([2H])c76)c([2H])c54)c3[2H])n2)c([2H])c1[2H]. The highest BCUT2D eigenvalue weighted by Crippen LogP contribution is 2.41. The fourth-order valence-corrected chi connectivity index (χ4v) is 6.72. The first-order valence-electron chi connectivity index (χ1n) is 27.8. The number of para-hydroxylation sites is 1. The number of benzene rings is 7. The zero-order chi connectivity index (χ0) is 56.1. The molecule has 0 bridgehead atoms. The molecule has 5 nitrogen and oxygen atoms in total. The molecule has 0 aliphatic heterocycles. The van der Waals surface area contributed by atoms with E-state index in [-0.39, 0.29) is 30.9 Å². The van der Waals surface area contributed by atoms with Gasteiger partial charge in [-0.1, -0.05) is 103 Å². The first-order chi connectivity index (χ1) is 36.1. The summed E-state index contributed by atoms with van der Waals surface area (Å²) in [6, 6.07) is -20.0. The predicted octanol–water partition coefficient (Wildman–Crippen LogP) is 12.2. The summed E-state index contributed by atoms with van der Waals surface area (Å²) in [5.74, 6) is -2.28. The van der Waals surface area contributed by atoms with Crippen LogP contribution in [0.4, 0.5) is 0 Å². The van der Waals surface area contributed by atoms with Gasteiger partial charge in [0.1, 0.15) is 11.2 Å². The lowest BCUT2D eigenvalue weighted by molar-refractivity contribution is 0.669. The Morgan fingerprint density at radius 1 is 0.431 bits per heavy atom. The molecule has 4 aromatic heterocycles. The Morgan fingerprint density at radius 3 is 1.86 bits per heavy atom. The molecule has 0 unspecified atom stereocenters. The van der Waals surface area contributed by atoms with Crippen LogP contribution in [0.15, 0.2) is 162 Å². The molecule has 0 amide bonds. The third-order valence-corrected chi connectivity index (χ3v) is 8.97. The highest BCUT2D eigenvalue weighted by atomic mass is 32.1. The highest BCUT2D eigenvalue weighted by molar-refractivity contribution is 7.25. The monoisotopic (exact) mass is 696 g/mol. The molecule has 0 N–H and O–H groups in total. The summed E-state index contributed by atoms with van der Waals surface area (Å²) < 4.78 is 237. The molecule has 0 aliphatic rings. The van der Waals surface area contributed by atoms with Gasteiger partial charge < -0.3 is 8.98 Å². The molecule has 11 aromatic rings. The van der Waals surface area contributed by atoms with E-state index in [1.165, 1.54) is 0 Å². The molecule has 0 saturated carbocycles. The molecule has 0 radical (unpaired) electrons. The maximum atomic E-state index is 9.81. The minimum absolute atomic E-state index is 0.0343. The van der Waals surface area contributed by atoms with E-state index in [1.807, 2.05) is 0 Å². The second kappa shape index (κ2) is 10.9. The minimum Gasteiger partial charge on any atom is -0.456 e. The first-order valence-corrected chi connectivity index (χ1v) is 15.6. The minimum atomic E-state index is -0.919. The third-order valence-electron chi connectivity index (χ3n) is 7.94. The Bertz CT molecular complexity index is 4520. The Labute approximate surface area is 332 Å². The molecule has 7 aromatic carbocycles.